The van der Waals surface area contributed by atoms with Gasteiger partial charge in [-0.2, -0.15) is 13.2 Å². The first-order chi connectivity index (χ1) is 16.8. The van der Waals surface area contributed by atoms with Crippen molar-refractivity contribution < 1.29 is 22.8 Å². The molecular weight excluding hydrogens is 487 g/mol. The van der Waals surface area contributed by atoms with Gasteiger partial charge in [-0.05, 0) is 93.9 Å². The zero-order chi connectivity index (χ0) is 26.5. The monoisotopic (exact) mass is 511 g/mol. The Morgan fingerprint density at radius 3 is 2.19 bits per heavy atom. The number of benzene rings is 2. The quantitative estimate of drug-likeness (QED) is 0.272. The number of amides is 2. The summed E-state index contributed by atoms with van der Waals surface area (Å²) in [6, 6.07) is 10.3. The van der Waals surface area contributed by atoms with Gasteiger partial charge in [0.1, 0.15) is 5.57 Å². The van der Waals surface area contributed by atoms with Crippen molar-refractivity contribution in [3.8, 4) is 5.69 Å². The zero-order valence-corrected chi connectivity index (χ0v) is 21.2. The van der Waals surface area contributed by atoms with Crippen LogP contribution in [0.5, 0.6) is 0 Å². The van der Waals surface area contributed by atoms with Gasteiger partial charge in [0.2, 0.25) is 0 Å². The molecule has 1 aliphatic heterocycles. The maximum absolute atomic E-state index is 13.4. The lowest BCUT2D eigenvalue weighted by atomic mass is 10.0. The Bertz CT molecular complexity index is 1440. The summed E-state index contributed by atoms with van der Waals surface area (Å²) in [5.41, 5.74) is 5.47. The predicted octanol–water partition coefficient (Wildman–Crippen LogP) is 5.87. The van der Waals surface area contributed by atoms with Crippen molar-refractivity contribution in [3.05, 3.63) is 87.2 Å². The standard InChI is InChI=1S/C27H24F3N3O2S/c1-14-9-15(2)23(16(3)10-14)32-17(4)11-19(18(32)5)12-22-24(34)31-26(36)33(25(22)35)21-8-6-7-20(13-21)27(28,29)30/h6-13H,1-5H3,(H,31,34,36)/b22-12+. The number of carbonyl (C=O) groups is 2. The van der Waals surface area contributed by atoms with Crippen molar-refractivity contribution in [1.29, 1.82) is 0 Å². The molecule has 0 spiro atoms. The summed E-state index contributed by atoms with van der Waals surface area (Å²) in [5.74, 6) is -1.50. The molecule has 1 aliphatic rings. The highest BCUT2D eigenvalue weighted by atomic mass is 32.1. The van der Waals surface area contributed by atoms with Crippen molar-refractivity contribution in [2.24, 2.45) is 0 Å². The van der Waals surface area contributed by atoms with Crippen LogP contribution in [-0.2, 0) is 15.8 Å². The zero-order valence-electron chi connectivity index (χ0n) is 20.4. The molecule has 186 valence electrons. The minimum absolute atomic E-state index is 0.0814. The average Bonchev–Trinajstić information content (AvgIpc) is 3.03. The van der Waals surface area contributed by atoms with Crippen molar-refractivity contribution in [1.82, 2.24) is 9.88 Å². The van der Waals surface area contributed by atoms with Gasteiger partial charge >= 0.3 is 6.18 Å². The topological polar surface area (TPSA) is 54.3 Å². The van der Waals surface area contributed by atoms with Gasteiger partial charge in [0.05, 0.1) is 16.9 Å². The van der Waals surface area contributed by atoms with Crippen LogP contribution in [0.4, 0.5) is 18.9 Å². The molecule has 5 nitrogen and oxygen atoms in total. The maximum Gasteiger partial charge on any atom is 0.416 e. The molecule has 0 bridgehead atoms. The van der Waals surface area contributed by atoms with E-state index in [1.807, 2.05) is 40.7 Å². The van der Waals surface area contributed by atoms with E-state index >= 15 is 0 Å². The number of hydrogen-bond donors (Lipinski definition) is 1. The molecule has 9 heteroatoms. The Morgan fingerprint density at radius 1 is 0.944 bits per heavy atom. The van der Waals surface area contributed by atoms with Crippen molar-refractivity contribution in [2.45, 2.75) is 40.8 Å². The number of aromatic nitrogens is 1. The minimum atomic E-state index is -4.60. The van der Waals surface area contributed by atoms with Crippen LogP contribution in [-0.4, -0.2) is 21.5 Å². The van der Waals surface area contributed by atoms with Gasteiger partial charge in [0, 0.05) is 11.4 Å². The lowest BCUT2D eigenvalue weighted by Gasteiger charge is -2.29. The highest BCUT2D eigenvalue weighted by Gasteiger charge is 2.37. The molecule has 2 heterocycles. The van der Waals surface area contributed by atoms with Crippen LogP contribution in [0.2, 0.25) is 0 Å². The number of nitrogens with zero attached hydrogens (tertiary/aromatic N) is 2. The normalized spacial score (nSPS) is 15.6. The van der Waals surface area contributed by atoms with Crippen LogP contribution in [0.3, 0.4) is 0 Å². The lowest BCUT2D eigenvalue weighted by Crippen LogP contribution is -2.54. The number of hydrogen-bond acceptors (Lipinski definition) is 3. The molecule has 2 aromatic carbocycles. The van der Waals surface area contributed by atoms with E-state index in [1.165, 1.54) is 18.2 Å². The number of alkyl halides is 3. The van der Waals surface area contributed by atoms with Crippen molar-refractivity contribution in [3.63, 3.8) is 0 Å². The Balaban J connectivity index is 1.79. The SMILES string of the molecule is Cc1cc(C)c(-n2c(C)cc(/C=C3\C(=O)NC(=S)N(c4cccc(C(F)(F)F)c4)C3=O)c2C)c(C)c1. The first-order valence-electron chi connectivity index (χ1n) is 11.2. The van der Waals surface area contributed by atoms with Crippen LogP contribution in [0.15, 0.2) is 48.0 Å². The van der Waals surface area contributed by atoms with Crippen LogP contribution < -0.4 is 10.2 Å². The highest BCUT2D eigenvalue weighted by molar-refractivity contribution is 7.80. The molecule has 0 aliphatic carbocycles. The third-order valence-corrected chi connectivity index (χ3v) is 6.45. The predicted molar refractivity (Wildman–Crippen MR) is 137 cm³/mol. The third-order valence-electron chi connectivity index (χ3n) is 6.16. The summed E-state index contributed by atoms with van der Waals surface area (Å²) in [5, 5.41) is 2.15. The number of carbonyl (C=O) groups excluding carboxylic acids is 2. The second-order valence-electron chi connectivity index (χ2n) is 8.92. The number of thiocarbonyl (C=S) groups is 1. The largest absolute Gasteiger partial charge is 0.416 e. The van der Waals surface area contributed by atoms with E-state index in [0.717, 1.165) is 50.8 Å². The molecule has 1 fully saturated rings. The van der Waals surface area contributed by atoms with Gasteiger partial charge in [0.25, 0.3) is 11.8 Å². The number of aryl methyl sites for hydroxylation is 4. The maximum atomic E-state index is 13.4. The lowest BCUT2D eigenvalue weighted by molar-refractivity contribution is -0.137. The summed E-state index contributed by atoms with van der Waals surface area (Å²) in [7, 11) is 0. The fraction of sp³-hybridized carbons (Fsp3) is 0.222. The molecule has 1 saturated heterocycles. The molecule has 36 heavy (non-hydrogen) atoms. The summed E-state index contributed by atoms with van der Waals surface area (Å²) >= 11 is 5.13. The van der Waals surface area contributed by atoms with Crippen LogP contribution in [0, 0.1) is 34.6 Å². The van der Waals surface area contributed by atoms with E-state index in [-0.39, 0.29) is 16.4 Å². The number of anilines is 1. The van der Waals surface area contributed by atoms with E-state index in [2.05, 4.69) is 22.0 Å². The van der Waals surface area contributed by atoms with E-state index in [1.54, 1.807) is 0 Å². The molecule has 4 rings (SSSR count). The van der Waals surface area contributed by atoms with Gasteiger partial charge < -0.3 is 4.57 Å². The Morgan fingerprint density at radius 2 is 1.58 bits per heavy atom. The highest BCUT2D eigenvalue weighted by Crippen LogP contribution is 2.33. The minimum Gasteiger partial charge on any atom is -0.317 e. The number of nitrogens with one attached hydrogen (secondary N) is 1. The number of rotatable bonds is 3. The molecule has 3 aromatic rings. The molecule has 1 N–H and O–H groups in total. The molecular formula is C27H24F3N3O2S. The second kappa shape index (κ2) is 9.05. The number of halogens is 3. The first kappa shape index (κ1) is 25.4. The molecule has 1 aromatic heterocycles. The molecule has 0 radical (unpaired) electrons. The van der Waals surface area contributed by atoms with Crippen LogP contribution in [0.1, 0.15) is 39.2 Å². The first-order valence-corrected chi connectivity index (χ1v) is 11.6. The second-order valence-corrected chi connectivity index (χ2v) is 9.30. The van der Waals surface area contributed by atoms with Crippen molar-refractivity contribution >= 4 is 40.9 Å². The van der Waals surface area contributed by atoms with Gasteiger partial charge in [-0.25, -0.2) is 0 Å². The van der Waals surface area contributed by atoms with Gasteiger partial charge in [-0.15, -0.1) is 0 Å². The van der Waals surface area contributed by atoms with Crippen LogP contribution >= 0.6 is 12.2 Å². The Kier molecular flexibility index (Phi) is 6.38. The fourth-order valence-corrected chi connectivity index (χ4v) is 4.95. The fourth-order valence-electron chi connectivity index (χ4n) is 4.67. The van der Waals surface area contributed by atoms with Gasteiger partial charge in [-0.1, -0.05) is 23.8 Å². The Labute approximate surface area is 212 Å². The van der Waals surface area contributed by atoms with E-state index < -0.39 is 23.6 Å². The smallest absolute Gasteiger partial charge is 0.317 e. The molecule has 0 atom stereocenters. The van der Waals surface area contributed by atoms with Gasteiger partial charge in [0.15, 0.2) is 5.11 Å². The summed E-state index contributed by atoms with van der Waals surface area (Å²) < 4.78 is 41.8. The van der Waals surface area contributed by atoms with Crippen molar-refractivity contribution in [2.75, 3.05) is 4.90 Å². The average molecular weight is 512 g/mol. The summed E-state index contributed by atoms with van der Waals surface area (Å²) in [6.45, 7) is 9.90. The molecule has 0 unspecified atom stereocenters. The van der Waals surface area contributed by atoms with Gasteiger partial charge in [-0.3, -0.25) is 19.8 Å². The van der Waals surface area contributed by atoms with E-state index in [9.17, 15) is 22.8 Å². The van der Waals surface area contributed by atoms with E-state index in [4.69, 9.17) is 12.2 Å². The van der Waals surface area contributed by atoms with Crippen LogP contribution in [0.25, 0.3) is 11.8 Å². The molecule has 2 amide bonds. The molecule has 0 saturated carbocycles. The van der Waals surface area contributed by atoms with E-state index in [0.29, 0.717) is 5.56 Å². The summed E-state index contributed by atoms with van der Waals surface area (Å²) in [6.07, 6.45) is -3.14. The third kappa shape index (κ3) is 4.46. The summed E-state index contributed by atoms with van der Waals surface area (Å²) in [4.78, 5) is 27.0. The Hall–Kier alpha value is -3.72.